The molecule has 4 rings (SSSR count). The molecule has 0 spiro atoms. The van der Waals surface area contributed by atoms with Gasteiger partial charge in [0.25, 0.3) is 5.91 Å². The number of sulfonamides is 1. The molecule has 176 valence electrons. The maximum Gasteiger partial charge on any atom is 0.307 e. The Bertz CT molecular complexity index is 1530. The lowest BCUT2D eigenvalue weighted by molar-refractivity contribution is 0.102. The third kappa shape index (κ3) is 4.76. The number of amides is 1. The molecular weight excluding hydrogens is 470 g/mol. The SMILES string of the molecule is Cc1cccc(C)c1N(Cc1ccc(C(=O)Nc2ccc3c(c2)sc(=O)n3C)cc1)S(C)(=O)=O. The topological polar surface area (TPSA) is 88.5 Å². The Balaban J connectivity index is 1.54. The van der Waals surface area contributed by atoms with Crippen molar-refractivity contribution in [2.45, 2.75) is 20.4 Å². The number of rotatable bonds is 6. The van der Waals surface area contributed by atoms with Crippen molar-refractivity contribution in [3.8, 4) is 0 Å². The number of hydrogen-bond donors (Lipinski definition) is 1. The Morgan fingerprint density at radius 2 is 1.68 bits per heavy atom. The van der Waals surface area contributed by atoms with Crippen LogP contribution in [0.1, 0.15) is 27.0 Å². The minimum atomic E-state index is -3.52. The Hall–Kier alpha value is -3.43. The van der Waals surface area contributed by atoms with Crippen LogP contribution in [0.2, 0.25) is 0 Å². The van der Waals surface area contributed by atoms with Crippen LogP contribution in [0.3, 0.4) is 0 Å². The lowest BCUT2D eigenvalue weighted by Gasteiger charge is -2.26. The Labute approximate surface area is 202 Å². The van der Waals surface area contributed by atoms with Gasteiger partial charge in [-0.25, -0.2) is 8.42 Å². The third-order valence-corrected chi connectivity index (χ3v) is 7.79. The van der Waals surface area contributed by atoms with Crippen molar-refractivity contribution in [1.29, 1.82) is 0 Å². The number of aryl methyl sites for hydroxylation is 3. The molecule has 0 saturated heterocycles. The van der Waals surface area contributed by atoms with E-state index in [0.29, 0.717) is 16.9 Å². The first-order valence-corrected chi connectivity index (χ1v) is 13.2. The van der Waals surface area contributed by atoms with Gasteiger partial charge in [-0.05, 0) is 60.9 Å². The summed E-state index contributed by atoms with van der Waals surface area (Å²) in [5.41, 5.74) is 5.05. The molecule has 0 aliphatic carbocycles. The van der Waals surface area contributed by atoms with Gasteiger partial charge in [0.15, 0.2) is 0 Å². The van der Waals surface area contributed by atoms with E-state index in [2.05, 4.69) is 5.32 Å². The lowest BCUT2D eigenvalue weighted by Crippen LogP contribution is -2.30. The standard InChI is InChI=1S/C25H25N3O4S2/c1-16-6-5-7-17(2)23(16)28(34(4,31)32)15-18-8-10-19(11-9-18)24(29)26-20-12-13-21-22(14-20)33-25(30)27(21)3/h5-14H,15H2,1-4H3,(H,26,29). The van der Waals surface area contributed by atoms with Crippen LogP contribution in [0, 0.1) is 13.8 Å². The molecule has 7 nitrogen and oxygen atoms in total. The van der Waals surface area contributed by atoms with E-state index in [1.165, 1.54) is 10.6 Å². The fourth-order valence-electron chi connectivity index (χ4n) is 3.90. The summed E-state index contributed by atoms with van der Waals surface area (Å²) in [5.74, 6) is -0.288. The lowest BCUT2D eigenvalue weighted by atomic mass is 10.1. The van der Waals surface area contributed by atoms with Crippen LogP contribution in [0.15, 0.2) is 65.5 Å². The summed E-state index contributed by atoms with van der Waals surface area (Å²) in [4.78, 5) is 24.5. The second kappa shape index (κ2) is 9.08. The van der Waals surface area contributed by atoms with Crippen LogP contribution >= 0.6 is 11.3 Å². The number of anilines is 2. The van der Waals surface area contributed by atoms with Gasteiger partial charge in [-0.3, -0.25) is 13.9 Å². The van der Waals surface area contributed by atoms with E-state index < -0.39 is 10.0 Å². The van der Waals surface area contributed by atoms with Gasteiger partial charge < -0.3 is 9.88 Å². The van der Waals surface area contributed by atoms with Crippen LogP contribution in [-0.4, -0.2) is 25.1 Å². The number of carbonyl (C=O) groups is 1. The summed E-state index contributed by atoms with van der Waals surface area (Å²) in [6, 6.07) is 17.9. The number of thiazole rings is 1. The normalized spacial score (nSPS) is 11.5. The average molecular weight is 496 g/mol. The highest BCUT2D eigenvalue weighted by atomic mass is 32.2. The van der Waals surface area contributed by atoms with E-state index in [1.54, 1.807) is 54.1 Å². The first kappa shape index (κ1) is 23.7. The van der Waals surface area contributed by atoms with Gasteiger partial charge in [0.05, 0.1) is 28.7 Å². The van der Waals surface area contributed by atoms with Gasteiger partial charge in [0.1, 0.15) is 0 Å². The highest BCUT2D eigenvalue weighted by molar-refractivity contribution is 7.92. The Kier molecular flexibility index (Phi) is 6.33. The molecule has 1 N–H and O–H groups in total. The van der Waals surface area contributed by atoms with Gasteiger partial charge in [0.2, 0.25) is 10.0 Å². The number of nitrogens with zero attached hydrogens (tertiary/aromatic N) is 2. The minimum Gasteiger partial charge on any atom is -0.322 e. The van der Waals surface area contributed by atoms with E-state index in [9.17, 15) is 18.0 Å². The summed E-state index contributed by atoms with van der Waals surface area (Å²) in [6.07, 6.45) is 1.20. The van der Waals surface area contributed by atoms with Crippen molar-refractivity contribution in [1.82, 2.24) is 4.57 Å². The molecule has 1 heterocycles. The van der Waals surface area contributed by atoms with Crippen LogP contribution in [-0.2, 0) is 23.6 Å². The smallest absolute Gasteiger partial charge is 0.307 e. The zero-order chi connectivity index (χ0) is 24.6. The number of aromatic nitrogens is 1. The van der Waals surface area contributed by atoms with Gasteiger partial charge in [-0.15, -0.1) is 0 Å². The maximum absolute atomic E-state index is 12.7. The number of benzene rings is 3. The highest BCUT2D eigenvalue weighted by Gasteiger charge is 2.21. The molecule has 0 atom stereocenters. The maximum atomic E-state index is 12.7. The molecule has 34 heavy (non-hydrogen) atoms. The molecular formula is C25H25N3O4S2. The summed E-state index contributed by atoms with van der Waals surface area (Å²) in [6.45, 7) is 3.94. The number of para-hydroxylation sites is 1. The first-order valence-electron chi connectivity index (χ1n) is 10.6. The Morgan fingerprint density at radius 1 is 1.03 bits per heavy atom. The van der Waals surface area contributed by atoms with E-state index in [4.69, 9.17) is 0 Å². The molecule has 0 saturated carbocycles. The molecule has 9 heteroatoms. The fraction of sp³-hybridized carbons (Fsp3) is 0.200. The van der Waals surface area contributed by atoms with Crippen LogP contribution < -0.4 is 14.5 Å². The predicted molar refractivity (Wildman–Crippen MR) is 138 cm³/mol. The second-order valence-corrected chi connectivity index (χ2v) is 11.2. The fourth-order valence-corrected chi connectivity index (χ4v) is 5.83. The van der Waals surface area contributed by atoms with Gasteiger partial charge in [0, 0.05) is 18.3 Å². The molecule has 0 aliphatic heterocycles. The van der Waals surface area contributed by atoms with Crippen LogP contribution in [0.4, 0.5) is 11.4 Å². The van der Waals surface area contributed by atoms with Crippen molar-refractivity contribution in [3.63, 3.8) is 0 Å². The van der Waals surface area contributed by atoms with Crippen molar-refractivity contribution < 1.29 is 13.2 Å². The van der Waals surface area contributed by atoms with Gasteiger partial charge in [-0.2, -0.15) is 0 Å². The quantitative estimate of drug-likeness (QED) is 0.428. The largest absolute Gasteiger partial charge is 0.322 e. The predicted octanol–water partition coefficient (Wildman–Crippen LogP) is 4.44. The van der Waals surface area contributed by atoms with E-state index >= 15 is 0 Å². The number of carbonyl (C=O) groups excluding carboxylic acids is 1. The van der Waals surface area contributed by atoms with E-state index in [0.717, 1.165) is 38.2 Å². The number of nitrogens with one attached hydrogen (secondary N) is 1. The second-order valence-electron chi connectivity index (χ2n) is 8.27. The zero-order valence-corrected chi connectivity index (χ0v) is 21.0. The average Bonchev–Trinajstić information content (AvgIpc) is 3.05. The molecule has 0 bridgehead atoms. The van der Waals surface area contributed by atoms with Crippen molar-refractivity contribution >= 4 is 48.9 Å². The summed E-state index contributed by atoms with van der Waals surface area (Å²) in [7, 11) is -1.80. The van der Waals surface area contributed by atoms with Crippen molar-refractivity contribution in [2.24, 2.45) is 7.05 Å². The minimum absolute atomic E-state index is 0.0573. The zero-order valence-electron chi connectivity index (χ0n) is 19.3. The molecule has 1 aromatic heterocycles. The summed E-state index contributed by atoms with van der Waals surface area (Å²) in [5, 5.41) is 2.85. The molecule has 3 aromatic carbocycles. The molecule has 4 aromatic rings. The summed E-state index contributed by atoms with van der Waals surface area (Å²) >= 11 is 1.13. The van der Waals surface area contributed by atoms with Gasteiger partial charge in [-0.1, -0.05) is 41.7 Å². The third-order valence-electron chi connectivity index (χ3n) is 5.68. The number of hydrogen-bond acceptors (Lipinski definition) is 5. The molecule has 1 amide bonds. The van der Waals surface area contributed by atoms with E-state index in [1.807, 2.05) is 32.0 Å². The van der Waals surface area contributed by atoms with Crippen molar-refractivity contribution in [2.75, 3.05) is 15.9 Å². The first-order chi connectivity index (χ1) is 16.0. The molecule has 0 fully saturated rings. The van der Waals surface area contributed by atoms with Crippen molar-refractivity contribution in [3.05, 3.63) is 92.6 Å². The highest BCUT2D eigenvalue weighted by Crippen LogP contribution is 2.28. The summed E-state index contributed by atoms with van der Waals surface area (Å²) < 4.78 is 28.9. The molecule has 0 aliphatic rings. The van der Waals surface area contributed by atoms with Crippen LogP contribution in [0.5, 0.6) is 0 Å². The molecule has 0 radical (unpaired) electrons. The van der Waals surface area contributed by atoms with E-state index in [-0.39, 0.29) is 17.3 Å². The van der Waals surface area contributed by atoms with Crippen LogP contribution in [0.25, 0.3) is 10.2 Å². The van der Waals surface area contributed by atoms with Gasteiger partial charge >= 0.3 is 4.87 Å². The number of fused-ring (bicyclic) bond motifs is 1. The monoisotopic (exact) mass is 495 g/mol. The molecule has 0 unspecified atom stereocenters. The Morgan fingerprint density at radius 3 is 2.29 bits per heavy atom.